The topological polar surface area (TPSA) is 57.3 Å². The number of aryl methyl sites for hydroxylation is 1. The van der Waals surface area contributed by atoms with Gasteiger partial charge in [0, 0.05) is 49.3 Å². The average Bonchev–Trinajstić information content (AvgIpc) is 3.10. The zero-order valence-corrected chi connectivity index (χ0v) is 15.1. The first-order valence-corrected chi connectivity index (χ1v) is 8.91. The number of carbonyl (C=O) groups excluding carboxylic acids is 1. The van der Waals surface area contributed by atoms with Crippen LogP contribution >= 0.6 is 11.6 Å². The summed E-state index contributed by atoms with van der Waals surface area (Å²) in [6.07, 6.45) is 4.54. The normalized spacial score (nSPS) is 16.7. The number of anilines is 1. The van der Waals surface area contributed by atoms with E-state index in [1.54, 1.807) is 12.4 Å². The molecule has 0 bridgehead atoms. The van der Waals surface area contributed by atoms with Crippen LogP contribution < -0.4 is 15.5 Å². The number of aromatic nitrogens is 1. The number of hydrogen-bond acceptors (Lipinski definition) is 3. The highest BCUT2D eigenvalue weighted by molar-refractivity contribution is 6.30. The molecular weight excluding hydrogens is 336 g/mol. The van der Waals surface area contributed by atoms with E-state index in [0.717, 1.165) is 30.1 Å². The molecule has 0 saturated carbocycles. The minimum Gasteiger partial charge on any atom is -0.371 e. The van der Waals surface area contributed by atoms with Gasteiger partial charge in [-0.1, -0.05) is 23.7 Å². The maximum absolute atomic E-state index is 11.9. The van der Waals surface area contributed by atoms with Gasteiger partial charge in [0.25, 0.3) is 0 Å². The molecule has 2 aromatic rings. The lowest BCUT2D eigenvalue weighted by atomic mass is 10.1. The Hall–Kier alpha value is -2.27. The third kappa shape index (κ3) is 4.86. The van der Waals surface area contributed by atoms with Crippen molar-refractivity contribution in [2.24, 2.45) is 5.92 Å². The maximum Gasteiger partial charge on any atom is 0.315 e. The summed E-state index contributed by atoms with van der Waals surface area (Å²) in [7, 11) is 0. The van der Waals surface area contributed by atoms with Crippen molar-refractivity contribution in [3.63, 3.8) is 0 Å². The van der Waals surface area contributed by atoms with Crippen LogP contribution in [0.1, 0.15) is 17.5 Å². The Morgan fingerprint density at radius 2 is 2.24 bits per heavy atom. The van der Waals surface area contributed by atoms with Crippen LogP contribution in [0.4, 0.5) is 10.5 Å². The van der Waals surface area contributed by atoms with Crippen LogP contribution in [0.5, 0.6) is 0 Å². The van der Waals surface area contributed by atoms with Crippen LogP contribution in [0.2, 0.25) is 5.02 Å². The summed E-state index contributed by atoms with van der Waals surface area (Å²) in [5.74, 6) is 0.447. The largest absolute Gasteiger partial charge is 0.371 e. The minimum atomic E-state index is -0.138. The molecule has 0 spiro atoms. The molecule has 1 aromatic carbocycles. The number of nitrogens with zero attached hydrogens (tertiary/aromatic N) is 2. The summed E-state index contributed by atoms with van der Waals surface area (Å²) in [6, 6.07) is 9.65. The van der Waals surface area contributed by atoms with Gasteiger partial charge in [-0.2, -0.15) is 0 Å². The first-order chi connectivity index (χ1) is 12.1. The summed E-state index contributed by atoms with van der Waals surface area (Å²) in [5, 5.41) is 6.59. The number of hydrogen-bond donors (Lipinski definition) is 2. The summed E-state index contributed by atoms with van der Waals surface area (Å²) < 4.78 is 0. The lowest BCUT2D eigenvalue weighted by molar-refractivity contribution is 0.239. The Kier molecular flexibility index (Phi) is 5.76. The second kappa shape index (κ2) is 8.21. The first kappa shape index (κ1) is 17.5. The van der Waals surface area contributed by atoms with E-state index in [-0.39, 0.29) is 6.03 Å². The Morgan fingerprint density at radius 3 is 3.04 bits per heavy atom. The van der Waals surface area contributed by atoms with Gasteiger partial charge in [0.05, 0.1) is 0 Å². The highest BCUT2D eigenvalue weighted by Gasteiger charge is 2.24. The molecule has 1 fully saturated rings. The molecule has 0 unspecified atom stereocenters. The zero-order chi connectivity index (χ0) is 17.6. The fourth-order valence-electron chi connectivity index (χ4n) is 3.13. The monoisotopic (exact) mass is 358 g/mol. The smallest absolute Gasteiger partial charge is 0.315 e. The van der Waals surface area contributed by atoms with Gasteiger partial charge in [-0.05, 0) is 48.6 Å². The number of amides is 2. The summed E-state index contributed by atoms with van der Waals surface area (Å²) in [5.41, 5.74) is 3.41. The SMILES string of the molecule is Cc1ccc(Cl)cc1N1CC[C@@H](CNC(=O)NCc2cccnc2)C1. The number of pyridine rings is 1. The van der Waals surface area contributed by atoms with Gasteiger partial charge >= 0.3 is 6.03 Å². The minimum absolute atomic E-state index is 0.138. The van der Waals surface area contributed by atoms with E-state index in [1.807, 2.05) is 24.3 Å². The molecule has 0 aliphatic carbocycles. The van der Waals surface area contributed by atoms with Crippen LogP contribution in [0.3, 0.4) is 0 Å². The Bertz CT molecular complexity index is 723. The lowest BCUT2D eigenvalue weighted by Gasteiger charge is -2.21. The molecule has 2 amide bonds. The number of rotatable bonds is 5. The van der Waals surface area contributed by atoms with Crippen molar-refractivity contribution in [3.8, 4) is 0 Å². The molecule has 1 saturated heterocycles. The molecule has 25 heavy (non-hydrogen) atoms. The maximum atomic E-state index is 11.9. The second-order valence-electron chi connectivity index (χ2n) is 6.46. The highest BCUT2D eigenvalue weighted by atomic mass is 35.5. The van der Waals surface area contributed by atoms with E-state index < -0.39 is 0 Å². The molecule has 1 aromatic heterocycles. The van der Waals surface area contributed by atoms with Crippen molar-refractivity contribution in [3.05, 3.63) is 58.9 Å². The molecule has 132 valence electrons. The van der Waals surface area contributed by atoms with Gasteiger partial charge in [0.2, 0.25) is 0 Å². The van der Waals surface area contributed by atoms with Crippen molar-refractivity contribution in [1.82, 2.24) is 15.6 Å². The summed E-state index contributed by atoms with van der Waals surface area (Å²) >= 11 is 6.12. The number of urea groups is 1. The molecule has 0 radical (unpaired) electrons. The van der Waals surface area contributed by atoms with E-state index in [2.05, 4.69) is 33.5 Å². The van der Waals surface area contributed by atoms with Gasteiger partial charge in [0.15, 0.2) is 0 Å². The number of halogens is 1. The van der Waals surface area contributed by atoms with Crippen LogP contribution in [0.15, 0.2) is 42.7 Å². The molecule has 2 N–H and O–H groups in total. The Balaban J connectivity index is 1.44. The highest BCUT2D eigenvalue weighted by Crippen LogP contribution is 2.29. The number of benzene rings is 1. The quantitative estimate of drug-likeness (QED) is 0.861. The first-order valence-electron chi connectivity index (χ1n) is 8.53. The lowest BCUT2D eigenvalue weighted by Crippen LogP contribution is -2.38. The second-order valence-corrected chi connectivity index (χ2v) is 6.89. The van der Waals surface area contributed by atoms with E-state index in [4.69, 9.17) is 11.6 Å². The van der Waals surface area contributed by atoms with Crippen LogP contribution in [0.25, 0.3) is 0 Å². The zero-order valence-electron chi connectivity index (χ0n) is 14.3. The molecule has 2 heterocycles. The number of nitrogens with one attached hydrogen (secondary N) is 2. The summed E-state index contributed by atoms with van der Waals surface area (Å²) in [6.45, 7) is 5.19. The number of carbonyl (C=O) groups is 1. The van der Waals surface area contributed by atoms with Crippen LogP contribution in [-0.2, 0) is 6.54 Å². The molecule has 1 aliphatic heterocycles. The van der Waals surface area contributed by atoms with Gasteiger partial charge in [-0.3, -0.25) is 4.98 Å². The third-order valence-electron chi connectivity index (χ3n) is 4.52. The van der Waals surface area contributed by atoms with Crippen LogP contribution in [-0.4, -0.2) is 30.6 Å². The Labute approximate surface area is 153 Å². The van der Waals surface area contributed by atoms with Crippen molar-refractivity contribution in [1.29, 1.82) is 0 Å². The molecule has 6 heteroatoms. The van der Waals surface area contributed by atoms with Gasteiger partial charge in [-0.25, -0.2) is 4.79 Å². The molecule has 1 atom stereocenters. The molecule has 1 aliphatic rings. The van der Waals surface area contributed by atoms with Gasteiger partial charge < -0.3 is 15.5 Å². The van der Waals surface area contributed by atoms with Crippen molar-refractivity contribution in [2.75, 3.05) is 24.5 Å². The van der Waals surface area contributed by atoms with E-state index in [0.29, 0.717) is 19.0 Å². The van der Waals surface area contributed by atoms with E-state index in [9.17, 15) is 4.79 Å². The predicted octanol–water partition coefficient (Wildman–Crippen LogP) is 3.37. The van der Waals surface area contributed by atoms with E-state index in [1.165, 1.54) is 11.3 Å². The third-order valence-corrected chi connectivity index (χ3v) is 4.76. The molecular formula is C19H23ClN4O. The van der Waals surface area contributed by atoms with Crippen molar-refractivity contribution in [2.45, 2.75) is 19.9 Å². The van der Waals surface area contributed by atoms with Crippen molar-refractivity contribution >= 4 is 23.3 Å². The van der Waals surface area contributed by atoms with Crippen molar-refractivity contribution < 1.29 is 4.79 Å². The van der Waals surface area contributed by atoms with Gasteiger partial charge in [0.1, 0.15) is 0 Å². The Morgan fingerprint density at radius 1 is 1.36 bits per heavy atom. The van der Waals surface area contributed by atoms with Gasteiger partial charge in [-0.15, -0.1) is 0 Å². The fraction of sp³-hybridized carbons (Fsp3) is 0.368. The van der Waals surface area contributed by atoms with Crippen LogP contribution in [0, 0.1) is 12.8 Å². The van der Waals surface area contributed by atoms with E-state index >= 15 is 0 Å². The summed E-state index contributed by atoms with van der Waals surface area (Å²) in [4.78, 5) is 18.3. The average molecular weight is 359 g/mol. The molecule has 5 nitrogen and oxygen atoms in total. The fourth-order valence-corrected chi connectivity index (χ4v) is 3.29. The predicted molar refractivity (Wildman–Crippen MR) is 101 cm³/mol. The standard InChI is InChI=1S/C19H23ClN4O/c1-14-4-5-17(20)9-18(14)24-8-6-16(13-24)12-23-19(25)22-11-15-3-2-7-21-10-15/h2-5,7,9-10,16H,6,8,11-13H2,1H3,(H2,22,23,25)/t16-/m0/s1. The molecule has 3 rings (SSSR count).